The van der Waals surface area contributed by atoms with Crippen LogP contribution in [0.4, 0.5) is 5.82 Å². The Kier molecular flexibility index (Phi) is 3.91. The first kappa shape index (κ1) is 13.4. The lowest BCUT2D eigenvalue weighted by Gasteiger charge is -2.22. The zero-order chi connectivity index (χ0) is 13.2. The van der Waals surface area contributed by atoms with Gasteiger partial charge in [-0.25, -0.2) is 17.8 Å². The summed E-state index contributed by atoms with van der Waals surface area (Å²) < 4.78 is 28.6. The van der Waals surface area contributed by atoms with Gasteiger partial charge in [0.15, 0.2) is 0 Å². The van der Waals surface area contributed by atoms with Gasteiger partial charge in [-0.15, -0.1) is 0 Å². The van der Waals surface area contributed by atoms with Crippen molar-refractivity contribution < 1.29 is 8.42 Å². The first-order chi connectivity index (χ1) is 8.54. The minimum absolute atomic E-state index is 0.0353. The fourth-order valence-electron chi connectivity index (χ4n) is 2.34. The van der Waals surface area contributed by atoms with Crippen LogP contribution >= 0.6 is 0 Å². The average Bonchev–Trinajstić information content (AvgIpc) is 2.72. The summed E-state index contributed by atoms with van der Waals surface area (Å²) in [7, 11) is -3.54. The molecule has 0 bridgehead atoms. The highest BCUT2D eigenvalue weighted by Gasteiger charge is 2.25. The molecular formula is C11H20N4O2S. The monoisotopic (exact) mass is 272 g/mol. The Bertz CT molecular complexity index is 503. The number of aryl methyl sites for hydroxylation is 1. The molecule has 2 rings (SSSR count). The molecule has 1 fully saturated rings. The maximum absolute atomic E-state index is 12.2. The van der Waals surface area contributed by atoms with Gasteiger partial charge in [0, 0.05) is 12.6 Å². The molecule has 0 aliphatic heterocycles. The van der Waals surface area contributed by atoms with Crippen LogP contribution in [0.1, 0.15) is 39.0 Å². The van der Waals surface area contributed by atoms with E-state index >= 15 is 0 Å². The van der Waals surface area contributed by atoms with E-state index in [9.17, 15) is 8.42 Å². The van der Waals surface area contributed by atoms with Gasteiger partial charge in [-0.1, -0.05) is 19.3 Å². The zero-order valence-corrected chi connectivity index (χ0v) is 11.4. The number of nitrogens with two attached hydrogens (primary N) is 1. The summed E-state index contributed by atoms with van der Waals surface area (Å²) >= 11 is 0. The van der Waals surface area contributed by atoms with Crippen molar-refractivity contribution in [2.75, 3.05) is 5.73 Å². The summed E-state index contributed by atoms with van der Waals surface area (Å²) in [6.07, 6.45) is 6.48. The maximum atomic E-state index is 12.2. The molecule has 0 spiro atoms. The van der Waals surface area contributed by atoms with Crippen LogP contribution in [0.25, 0.3) is 0 Å². The average molecular weight is 272 g/mol. The second-order valence-electron chi connectivity index (χ2n) is 4.67. The standard InChI is InChI=1S/C11H20N4O2S/c1-2-15-11(12)10(8-13-15)18(16,17)14-9-6-4-3-5-7-9/h8-9,14H,2-7,12H2,1H3. The molecule has 1 aliphatic rings. The third-order valence-electron chi connectivity index (χ3n) is 3.36. The van der Waals surface area contributed by atoms with Crippen LogP contribution in [0.15, 0.2) is 11.1 Å². The van der Waals surface area contributed by atoms with Gasteiger partial charge in [-0.2, -0.15) is 5.10 Å². The number of anilines is 1. The van der Waals surface area contributed by atoms with Crippen molar-refractivity contribution in [1.29, 1.82) is 0 Å². The molecule has 6 nitrogen and oxygen atoms in total. The summed E-state index contributed by atoms with van der Waals surface area (Å²) in [4.78, 5) is 0.0925. The SMILES string of the molecule is CCn1ncc(S(=O)(=O)NC2CCCCC2)c1N. The minimum Gasteiger partial charge on any atom is -0.383 e. The number of sulfonamides is 1. The Balaban J connectivity index is 2.16. The lowest BCUT2D eigenvalue weighted by Crippen LogP contribution is -2.36. The molecule has 3 N–H and O–H groups in total. The van der Waals surface area contributed by atoms with Crippen molar-refractivity contribution in [2.45, 2.75) is 56.5 Å². The number of rotatable bonds is 4. The maximum Gasteiger partial charge on any atom is 0.246 e. The van der Waals surface area contributed by atoms with E-state index in [0.717, 1.165) is 25.7 Å². The van der Waals surface area contributed by atoms with Crippen LogP contribution in [-0.2, 0) is 16.6 Å². The Morgan fingerprint density at radius 3 is 2.67 bits per heavy atom. The molecule has 0 saturated heterocycles. The van der Waals surface area contributed by atoms with Crippen molar-refractivity contribution in [3.8, 4) is 0 Å². The summed E-state index contributed by atoms with van der Waals surface area (Å²) in [6, 6.07) is 0.0353. The Hall–Kier alpha value is -1.08. The number of aromatic nitrogens is 2. The van der Waals surface area contributed by atoms with Crippen molar-refractivity contribution >= 4 is 15.8 Å². The molecule has 0 unspecified atom stereocenters. The van der Waals surface area contributed by atoms with E-state index in [1.165, 1.54) is 17.3 Å². The molecule has 1 heterocycles. The molecule has 18 heavy (non-hydrogen) atoms. The Morgan fingerprint density at radius 2 is 2.11 bits per heavy atom. The minimum atomic E-state index is -3.54. The van der Waals surface area contributed by atoms with E-state index in [2.05, 4.69) is 9.82 Å². The number of nitrogens with one attached hydrogen (secondary N) is 1. The predicted molar refractivity (Wildman–Crippen MR) is 69.5 cm³/mol. The molecule has 1 aromatic heterocycles. The number of hydrogen-bond acceptors (Lipinski definition) is 4. The van der Waals surface area contributed by atoms with Gasteiger partial charge in [0.1, 0.15) is 10.7 Å². The third kappa shape index (κ3) is 2.67. The van der Waals surface area contributed by atoms with Crippen LogP contribution < -0.4 is 10.5 Å². The van der Waals surface area contributed by atoms with E-state index < -0.39 is 10.0 Å². The first-order valence-electron chi connectivity index (χ1n) is 6.38. The van der Waals surface area contributed by atoms with E-state index in [4.69, 9.17) is 5.73 Å². The van der Waals surface area contributed by atoms with Gasteiger partial charge >= 0.3 is 0 Å². The molecule has 0 aromatic carbocycles. The summed E-state index contributed by atoms with van der Waals surface area (Å²) in [5.74, 6) is 0.209. The van der Waals surface area contributed by atoms with Gasteiger partial charge in [0.05, 0.1) is 6.20 Å². The number of nitrogen functional groups attached to an aromatic ring is 1. The molecule has 0 amide bonds. The van der Waals surface area contributed by atoms with Crippen LogP contribution in [-0.4, -0.2) is 24.2 Å². The lowest BCUT2D eigenvalue weighted by atomic mass is 9.96. The van der Waals surface area contributed by atoms with Gasteiger partial charge in [-0.3, -0.25) is 0 Å². The van der Waals surface area contributed by atoms with Crippen LogP contribution in [0.3, 0.4) is 0 Å². The summed E-state index contributed by atoms with van der Waals surface area (Å²) in [6.45, 7) is 2.43. The molecule has 0 radical (unpaired) electrons. The van der Waals surface area contributed by atoms with Crippen molar-refractivity contribution in [3.63, 3.8) is 0 Å². The zero-order valence-electron chi connectivity index (χ0n) is 10.6. The van der Waals surface area contributed by atoms with Crippen LogP contribution in [0.5, 0.6) is 0 Å². The summed E-state index contributed by atoms with van der Waals surface area (Å²) in [5.41, 5.74) is 5.79. The van der Waals surface area contributed by atoms with Gasteiger partial charge in [0.2, 0.25) is 10.0 Å². The van der Waals surface area contributed by atoms with E-state index in [1.54, 1.807) is 0 Å². The normalized spacial score (nSPS) is 18.1. The Morgan fingerprint density at radius 1 is 1.44 bits per heavy atom. The highest BCUT2D eigenvalue weighted by molar-refractivity contribution is 7.89. The largest absolute Gasteiger partial charge is 0.383 e. The van der Waals surface area contributed by atoms with Crippen molar-refractivity contribution in [2.24, 2.45) is 0 Å². The fraction of sp³-hybridized carbons (Fsp3) is 0.727. The van der Waals surface area contributed by atoms with Crippen molar-refractivity contribution in [1.82, 2.24) is 14.5 Å². The van der Waals surface area contributed by atoms with Gasteiger partial charge in [-0.05, 0) is 19.8 Å². The number of nitrogens with zero attached hydrogens (tertiary/aromatic N) is 2. The van der Waals surface area contributed by atoms with E-state index in [1.807, 2.05) is 6.92 Å². The second-order valence-corrected chi connectivity index (χ2v) is 6.35. The molecular weight excluding hydrogens is 252 g/mol. The highest BCUT2D eigenvalue weighted by atomic mass is 32.2. The third-order valence-corrected chi connectivity index (χ3v) is 4.90. The molecule has 0 atom stereocenters. The molecule has 102 valence electrons. The highest BCUT2D eigenvalue weighted by Crippen LogP contribution is 2.22. The molecule has 7 heteroatoms. The molecule has 1 saturated carbocycles. The first-order valence-corrected chi connectivity index (χ1v) is 7.86. The predicted octanol–water partition coefficient (Wildman–Crippen LogP) is 1.10. The Labute approximate surface area is 108 Å². The van der Waals surface area contributed by atoms with Crippen LogP contribution in [0, 0.1) is 0 Å². The quantitative estimate of drug-likeness (QED) is 0.858. The molecule has 1 aliphatic carbocycles. The molecule has 1 aromatic rings. The second kappa shape index (κ2) is 5.27. The topological polar surface area (TPSA) is 90.0 Å². The summed E-state index contributed by atoms with van der Waals surface area (Å²) in [5, 5.41) is 3.97. The fourth-order valence-corrected chi connectivity index (χ4v) is 3.71. The van der Waals surface area contributed by atoms with Gasteiger partial charge < -0.3 is 5.73 Å². The van der Waals surface area contributed by atoms with Gasteiger partial charge in [0.25, 0.3) is 0 Å². The van der Waals surface area contributed by atoms with E-state index in [0.29, 0.717) is 6.54 Å². The van der Waals surface area contributed by atoms with E-state index in [-0.39, 0.29) is 16.8 Å². The van der Waals surface area contributed by atoms with Crippen LogP contribution in [0.2, 0.25) is 0 Å². The lowest BCUT2D eigenvalue weighted by molar-refractivity contribution is 0.412. The number of hydrogen-bond donors (Lipinski definition) is 2. The smallest absolute Gasteiger partial charge is 0.246 e. The van der Waals surface area contributed by atoms with Crippen molar-refractivity contribution in [3.05, 3.63) is 6.20 Å².